The van der Waals surface area contributed by atoms with Crippen LogP contribution >= 0.6 is 0 Å². The smallest absolute Gasteiger partial charge is 0.224 e. The lowest BCUT2D eigenvalue weighted by molar-refractivity contribution is -0.930. The molecule has 3 nitrogen and oxygen atoms in total. The van der Waals surface area contributed by atoms with Crippen molar-refractivity contribution in [3.05, 3.63) is 12.2 Å². The Morgan fingerprint density at radius 3 is 1.75 bits per heavy atom. The summed E-state index contributed by atoms with van der Waals surface area (Å²) in [5.74, 6) is 0.219. The van der Waals surface area contributed by atoms with Gasteiger partial charge < -0.3 is 9.80 Å². The van der Waals surface area contributed by atoms with Crippen LogP contribution in [0.4, 0.5) is 0 Å². The van der Waals surface area contributed by atoms with Crippen molar-refractivity contribution in [1.29, 1.82) is 0 Å². The number of hydrogen-bond acceptors (Lipinski definition) is 1. The molecule has 0 aromatic heterocycles. The molecule has 3 heteroatoms. The van der Waals surface area contributed by atoms with Crippen molar-refractivity contribution >= 4 is 5.91 Å². The lowest BCUT2D eigenvalue weighted by Gasteiger charge is -2.38. The van der Waals surface area contributed by atoms with Crippen LogP contribution in [0.2, 0.25) is 0 Å². The Kier molecular flexibility index (Phi) is 17.7. The molecule has 0 bridgehead atoms. The van der Waals surface area contributed by atoms with Crippen molar-refractivity contribution in [2.75, 3.05) is 20.1 Å². The second-order valence-corrected chi connectivity index (χ2v) is 8.69. The third kappa shape index (κ3) is 14.2. The summed E-state index contributed by atoms with van der Waals surface area (Å²) < 4.78 is 0.901. The summed E-state index contributed by atoms with van der Waals surface area (Å²) >= 11 is 0. The van der Waals surface area contributed by atoms with Gasteiger partial charge in [-0.1, -0.05) is 70.4 Å². The molecule has 1 amide bonds. The average molecular weight is 396 g/mol. The maximum atomic E-state index is 12.1. The summed E-state index contributed by atoms with van der Waals surface area (Å²) in [6, 6.07) is 0. The molecule has 0 aliphatic carbocycles. The van der Waals surface area contributed by atoms with Crippen LogP contribution in [-0.4, -0.2) is 36.7 Å². The standard InChI is InChI=1S/C25H50N2O/c1-6-9-10-11-12-13-14-15-16-17-18-19-20-21-22-23-25(28)26-24(4)27(5,7-2)8-3/h15-16,24H,6-14,17-23H2,1-5H3/p+1. The van der Waals surface area contributed by atoms with Gasteiger partial charge in [-0.05, 0) is 46.0 Å². The average Bonchev–Trinajstić information content (AvgIpc) is 2.70. The summed E-state index contributed by atoms with van der Waals surface area (Å²) in [4.78, 5) is 12.1. The Morgan fingerprint density at radius 1 is 0.786 bits per heavy atom. The first-order valence-corrected chi connectivity index (χ1v) is 12.3. The van der Waals surface area contributed by atoms with Crippen molar-refractivity contribution < 1.29 is 9.28 Å². The fourth-order valence-electron chi connectivity index (χ4n) is 3.59. The van der Waals surface area contributed by atoms with Crippen LogP contribution in [0.25, 0.3) is 0 Å². The lowest BCUT2D eigenvalue weighted by atomic mass is 10.1. The fraction of sp³-hybridized carbons (Fsp3) is 0.880. The van der Waals surface area contributed by atoms with E-state index in [0.29, 0.717) is 6.42 Å². The Morgan fingerprint density at radius 2 is 1.25 bits per heavy atom. The van der Waals surface area contributed by atoms with E-state index in [1.165, 1.54) is 77.0 Å². The summed E-state index contributed by atoms with van der Waals surface area (Å²) in [5, 5.41) is 3.20. The molecule has 0 saturated carbocycles. The van der Waals surface area contributed by atoms with E-state index in [4.69, 9.17) is 0 Å². The molecular weight excluding hydrogens is 344 g/mol. The predicted octanol–water partition coefficient (Wildman–Crippen LogP) is 6.97. The third-order valence-corrected chi connectivity index (χ3v) is 6.42. The highest BCUT2D eigenvalue weighted by molar-refractivity contribution is 5.75. The molecule has 0 spiro atoms. The minimum atomic E-state index is 0.200. The number of rotatable bonds is 19. The number of allylic oxidation sites excluding steroid dienone is 2. The number of hydrogen-bond donors (Lipinski definition) is 1. The van der Waals surface area contributed by atoms with Gasteiger partial charge in [-0.25, -0.2) is 0 Å². The molecule has 0 radical (unpaired) electrons. The van der Waals surface area contributed by atoms with Gasteiger partial charge in [0.2, 0.25) is 5.91 Å². The molecule has 1 atom stereocenters. The highest BCUT2D eigenvalue weighted by Gasteiger charge is 2.26. The largest absolute Gasteiger partial charge is 0.307 e. The Hall–Kier alpha value is -0.830. The number of nitrogens with one attached hydrogen (secondary N) is 1. The van der Waals surface area contributed by atoms with Crippen molar-refractivity contribution in [3.63, 3.8) is 0 Å². The Labute approximate surface area is 176 Å². The zero-order valence-corrected chi connectivity index (χ0v) is 19.9. The number of nitrogens with zero attached hydrogens (tertiary/aromatic N) is 1. The van der Waals surface area contributed by atoms with Gasteiger partial charge in [0.25, 0.3) is 0 Å². The van der Waals surface area contributed by atoms with Crippen molar-refractivity contribution in [3.8, 4) is 0 Å². The SMILES string of the molecule is CCCCCCCCC=CCCCCCCCC(=O)NC(C)[N+](C)(CC)CC. The number of amides is 1. The monoisotopic (exact) mass is 395 g/mol. The van der Waals surface area contributed by atoms with E-state index >= 15 is 0 Å². The van der Waals surface area contributed by atoms with Crippen LogP contribution in [0.15, 0.2) is 12.2 Å². The van der Waals surface area contributed by atoms with Gasteiger partial charge in [0.05, 0.1) is 20.1 Å². The first kappa shape index (κ1) is 27.2. The molecule has 1 unspecified atom stereocenters. The van der Waals surface area contributed by atoms with Gasteiger partial charge in [-0.2, -0.15) is 0 Å². The molecule has 0 aromatic carbocycles. The number of unbranched alkanes of at least 4 members (excludes halogenated alkanes) is 11. The maximum Gasteiger partial charge on any atom is 0.224 e. The molecular formula is C25H51N2O+. The molecule has 28 heavy (non-hydrogen) atoms. The Bertz CT molecular complexity index is 388. The van der Waals surface area contributed by atoms with Crippen LogP contribution in [0.1, 0.15) is 118 Å². The van der Waals surface area contributed by atoms with Crippen molar-refractivity contribution in [2.24, 2.45) is 0 Å². The fourth-order valence-corrected chi connectivity index (χ4v) is 3.59. The topological polar surface area (TPSA) is 29.1 Å². The maximum absolute atomic E-state index is 12.1. The van der Waals surface area contributed by atoms with Gasteiger partial charge >= 0.3 is 0 Å². The third-order valence-electron chi connectivity index (χ3n) is 6.42. The van der Waals surface area contributed by atoms with Gasteiger partial charge in [-0.3, -0.25) is 4.79 Å². The van der Waals surface area contributed by atoms with E-state index in [1.807, 2.05) is 0 Å². The van der Waals surface area contributed by atoms with E-state index < -0.39 is 0 Å². The second-order valence-electron chi connectivity index (χ2n) is 8.69. The van der Waals surface area contributed by atoms with E-state index in [2.05, 4.69) is 52.2 Å². The van der Waals surface area contributed by atoms with Crippen LogP contribution in [0.5, 0.6) is 0 Å². The molecule has 0 heterocycles. The molecule has 0 rings (SSSR count). The normalized spacial score (nSPS) is 13.2. The zero-order valence-electron chi connectivity index (χ0n) is 19.9. The minimum Gasteiger partial charge on any atom is -0.307 e. The molecule has 166 valence electrons. The van der Waals surface area contributed by atoms with Crippen LogP contribution in [-0.2, 0) is 4.79 Å². The van der Waals surface area contributed by atoms with Crippen LogP contribution in [0.3, 0.4) is 0 Å². The van der Waals surface area contributed by atoms with Crippen molar-refractivity contribution in [2.45, 2.75) is 124 Å². The van der Waals surface area contributed by atoms with Gasteiger partial charge in [-0.15, -0.1) is 0 Å². The lowest BCUT2D eigenvalue weighted by Crippen LogP contribution is -2.58. The van der Waals surface area contributed by atoms with E-state index in [-0.39, 0.29) is 12.1 Å². The van der Waals surface area contributed by atoms with E-state index in [0.717, 1.165) is 24.0 Å². The molecule has 0 aliphatic rings. The van der Waals surface area contributed by atoms with Crippen molar-refractivity contribution in [1.82, 2.24) is 5.32 Å². The van der Waals surface area contributed by atoms with Crippen LogP contribution in [0, 0.1) is 0 Å². The van der Waals surface area contributed by atoms with Gasteiger partial charge in [0.15, 0.2) is 6.17 Å². The molecule has 1 N–H and O–H groups in total. The van der Waals surface area contributed by atoms with E-state index in [9.17, 15) is 4.79 Å². The van der Waals surface area contributed by atoms with Gasteiger partial charge in [0.1, 0.15) is 0 Å². The first-order valence-electron chi connectivity index (χ1n) is 12.3. The summed E-state index contributed by atoms with van der Waals surface area (Å²) in [7, 11) is 2.22. The molecule has 0 aromatic rings. The highest BCUT2D eigenvalue weighted by atomic mass is 16.1. The van der Waals surface area contributed by atoms with Gasteiger partial charge in [0, 0.05) is 13.3 Å². The molecule has 0 saturated heterocycles. The zero-order chi connectivity index (χ0) is 21.1. The predicted molar refractivity (Wildman–Crippen MR) is 124 cm³/mol. The molecule has 0 fully saturated rings. The summed E-state index contributed by atoms with van der Waals surface area (Å²) in [6.45, 7) is 10.9. The number of quaternary nitrogens is 1. The summed E-state index contributed by atoms with van der Waals surface area (Å²) in [6.07, 6.45) is 22.5. The summed E-state index contributed by atoms with van der Waals surface area (Å²) in [5.41, 5.74) is 0. The first-order chi connectivity index (χ1) is 13.5. The number of carbonyl (C=O) groups excluding carboxylic acids is 1. The minimum absolute atomic E-state index is 0.200. The quantitative estimate of drug-likeness (QED) is 0.109. The number of carbonyl (C=O) groups is 1. The van der Waals surface area contributed by atoms with Crippen LogP contribution < -0.4 is 5.32 Å². The second kappa shape index (κ2) is 18.2. The van der Waals surface area contributed by atoms with E-state index in [1.54, 1.807) is 0 Å². The molecule has 0 aliphatic heterocycles. The highest BCUT2D eigenvalue weighted by Crippen LogP contribution is 2.11. The Balaban J connectivity index is 3.50.